The molecule has 1 aliphatic rings. The minimum atomic E-state index is -0.110. The first kappa shape index (κ1) is 20.4. The van der Waals surface area contributed by atoms with E-state index in [4.69, 9.17) is 4.74 Å². The second kappa shape index (κ2) is 9.21. The predicted octanol–water partition coefficient (Wildman–Crippen LogP) is 3.66. The largest absolute Gasteiger partial charge is 0.496 e. The summed E-state index contributed by atoms with van der Waals surface area (Å²) < 4.78 is 6.36. The Morgan fingerprint density at radius 1 is 1.29 bits per heavy atom. The van der Waals surface area contributed by atoms with Gasteiger partial charge in [0.25, 0.3) is 0 Å². The number of carbonyl (C=O) groups excluding carboxylic acids is 2. The molecule has 0 aromatic heterocycles. The summed E-state index contributed by atoms with van der Waals surface area (Å²) in [6.45, 7) is 1.55. The van der Waals surface area contributed by atoms with Crippen LogP contribution in [0.15, 0.2) is 46.9 Å². The van der Waals surface area contributed by atoms with Crippen LogP contribution in [0.3, 0.4) is 0 Å². The first-order valence-corrected chi connectivity index (χ1v) is 9.97. The predicted molar refractivity (Wildman–Crippen MR) is 114 cm³/mol. The summed E-state index contributed by atoms with van der Waals surface area (Å²) >= 11 is 3.47. The molecule has 28 heavy (non-hydrogen) atoms. The van der Waals surface area contributed by atoms with Gasteiger partial charge in [0.1, 0.15) is 5.75 Å². The van der Waals surface area contributed by atoms with Crippen molar-refractivity contribution in [1.29, 1.82) is 0 Å². The average molecular weight is 446 g/mol. The first-order valence-electron chi connectivity index (χ1n) is 9.17. The number of nitrogens with one attached hydrogen (secondary N) is 1. The van der Waals surface area contributed by atoms with Crippen LogP contribution in [0.5, 0.6) is 5.75 Å². The molecule has 148 valence electrons. The molecule has 6 nitrogen and oxygen atoms in total. The van der Waals surface area contributed by atoms with Crippen molar-refractivity contribution in [3.63, 3.8) is 0 Å². The smallest absolute Gasteiger partial charge is 0.238 e. The number of rotatable bonds is 7. The van der Waals surface area contributed by atoms with Crippen molar-refractivity contribution in [2.75, 3.05) is 37.5 Å². The highest BCUT2D eigenvalue weighted by molar-refractivity contribution is 9.10. The highest BCUT2D eigenvalue weighted by Gasteiger charge is 2.21. The molecule has 0 aliphatic carbocycles. The van der Waals surface area contributed by atoms with Crippen molar-refractivity contribution in [3.8, 4) is 5.75 Å². The van der Waals surface area contributed by atoms with Gasteiger partial charge < -0.3 is 15.0 Å². The Labute approximate surface area is 173 Å². The molecular weight excluding hydrogens is 422 g/mol. The number of methoxy groups -OCH3 is 1. The molecule has 1 saturated heterocycles. The van der Waals surface area contributed by atoms with Crippen molar-refractivity contribution >= 4 is 39.1 Å². The molecule has 2 aromatic rings. The third kappa shape index (κ3) is 5.11. The normalized spacial score (nSPS) is 13.9. The lowest BCUT2D eigenvalue weighted by atomic mass is 10.2. The topological polar surface area (TPSA) is 61.9 Å². The van der Waals surface area contributed by atoms with Crippen LogP contribution in [0.2, 0.25) is 0 Å². The Bertz CT molecular complexity index is 872. The van der Waals surface area contributed by atoms with Crippen molar-refractivity contribution in [3.05, 3.63) is 52.5 Å². The van der Waals surface area contributed by atoms with E-state index < -0.39 is 0 Å². The minimum absolute atomic E-state index is 0.110. The molecule has 0 spiro atoms. The van der Waals surface area contributed by atoms with Gasteiger partial charge in [-0.25, -0.2) is 0 Å². The van der Waals surface area contributed by atoms with Gasteiger partial charge in [-0.3, -0.25) is 14.5 Å². The Balaban J connectivity index is 1.60. The summed E-state index contributed by atoms with van der Waals surface area (Å²) in [5.41, 5.74) is 2.52. The molecule has 0 atom stereocenters. The summed E-state index contributed by atoms with van der Waals surface area (Å²) in [6, 6.07) is 13.2. The van der Waals surface area contributed by atoms with Gasteiger partial charge in [0.2, 0.25) is 11.8 Å². The summed E-state index contributed by atoms with van der Waals surface area (Å²) in [7, 11) is 3.52. The van der Waals surface area contributed by atoms with Gasteiger partial charge in [-0.05, 0) is 49.9 Å². The molecule has 2 aromatic carbocycles. The SMILES string of the molecule is COc1ccc(Br)cc1CN(C)CC(=O)Nc1cccc(N2CCCC2=O)c1. The molecule has 0 unspecified atom stereocenters. The Kier molecular flexibility index (Phi) is 6.70. The van der Waals surface area contributed by atoms with Crippen molar-refractivity contribution in [2.45, 2.75) is 19.4 Å². The van der Waals surface area contributed by atoms with E-state index in [1.807, 2.05) is 54.4 Å². The fourth-order valence-corrected chi connectivity index (χ4v) is 3.74. The Morgan fingerprint density at radius 3 is 2.82 bits per heavy atom. The number of anilines is 2. The monoisotopic (exact) mass is 445 g/mol. The molecule has 3 rings (SSSR count). The molecule has 1 N–H and O–H groups in total. The van der Waals surface area contributed by atoms with Crippen LogP contribution in [0.1, 0.15) is 18.4 Å². The molecule has 0 radical (unpaired) electrons. The molecule has 0 bridgehead atoms. The summed E-state index contributed by atoms with van der Waals surface area (Å²) in [4.78, 5) is 28.1. The van der Waals surface area contributed by atoms with Gasteiger partial charge in [0.05, 0.1) is 13.7 Å². The quantitative estimate of drug-likeness (QED) is 0.706. The van der Waals surface area contributed by atoms with E-state index >= 15 is 0 Å². The number of benzene rings is 2. The van der Waals surface area contributed by atoms with Crippen LogP contribution in [0.25, 0.3) is 0 Å². The number of hydrogen-bond acceptors (Lipinski definition) is 4. The van der Waals surface area contributed by atoms with Gasteiger partial charge in [-0.15, -0.1) is 0 Å². The van der Waals surface area contributed by atoms with Crippen LogP contribution in [-0.2, 0) is 16.1 Å². The number of halogens is 1. The van der Waals surface area contributed by atoms with E-state index in [2.05, 4.69) is 21.2 Å². The maximum Gasteiger partial charge on any atom is 0.238 e. The molecule has 1 aliphatic heterocycles. The molecule has 2 amide bonds. The van der Waals surface area contributed by atoms with Gasteiger partial charge in [0.15, 0.2) is 0 Å². The zero-order chi connectivity index (χ0) is 20.1. The summed E-state index contributed by atoms with van der Waals surface area (Å²) in [6.07, 6.45) is 1.46. The first-order chi connectivity index (χ1) is 13.5. The van der Waals surface area contributed by atoms with E-state index in [1.165, 1.54) is 0 Å². The fraction of sp³-hybridized carbons (Fsp3) is 0.333. The third-order valence-electron chi connectivity index (χ3n) is 4.61. The standard InChI is InChI=1S/C21H24BrN3O3/c1-24(13-15-11-16(22)8-9-19(15)28-2)14-20(26)23-17-5-3-6-18(12-17)25-10-4-7-21(25)27/h3,5-6,8-9,11-12H,4,7,10,13-14H2,1-2H3,(H,23,26). The number of hydrogen-bond donors (Lipinski definition) is 1. The third-order valence-corrected chi connectivity index (χ3v) is 5.10. The maximum absolute atomic E-state index is 12.5. The van der Waals surface area contributed by atoms with Gasteiger partial charge in [-0.2, -0.15) is 0 Å². The molecule has 1 fully saturated rings. The Hall–Kier alpha value is -2.38. The molecule has 7 heteroatoms. The number of carbonyl (C=O) groups is 2. The van der Waals surface area contributed by atoms with Crippen molar-refractivity contribution < 1.29 is 14.3 Å². The van der Waals surface area contributed by atoms with E-state index in [9.17, 15) is 9.59 Å². The Morgan fingerprint density at radius 2 is 2.11 bits per heavy atom. The molecule has 0 saturated carbocycles. The molecule has 1 heterocycles. The lowest BCUT2D eigenvalue weighted by Gasteiger charge is -2.19. The van der Waals surface area contributed by atoms with Crippen LogP contribution in [0, 0.1) is 0 Å². The van der Waals surface area contributed by atoms with Crippen LogP contribution in [0.4, 0.5) is 11.4 Å². The van der Waals surface area contributed by atoms with Crippen LogP contribution < -0.4 is 15.0 Å². The van der Waals surface area contributed by atoms with Gasteiger partial charge in [-0.1, -0.05) is 22.0 Å². The van der Waals surface area contributed by atoms with Crippen LogP contribution in [-0.4, -0.2) is 44.0 Å². The molecular formula is C21H24BrN3O3. The minimum Gasteiger partial charge on any atom is -0.496 e. The van der Waals surface area contributed by atoms with Crippen LogP contribution >= 0.6 is 15.9 Å². The summed E-state index contributed by atoms with van der Waals surface area (Å²) in [5.74, 6) is 0.811. The second-order valence-electron chi connectivity index (χ2n) is 6.88. The lowest BCUT2D eigenvalue weighted by Crippen LogP contribution is -2.30. The maximum atomic E-state index is 12.5. The van der Waals surface area contributed by atoms with Crippen molar-refractivity contribution in [2.24, 2.45) is 0 Å². The van der Waals surface area contributed by atoms with Crippen molar-refractivity contribution in [1.82, 2.24) is 4.90 Å². The zero-order valence-electron chi connectivity index (χ0n) is 16.1. The van der Waals surface area contributed by atoms with Gasteiger partial charge in [0, 0.05) is 40.9 Å². The zero-order valence-corrected chi connectivity index (χ0v) is 17.7. The van der Waals surface area contributed by atoms with Gasteiger partial charge >= 0.3 is 0 Å². The van der Waals surface area contributed by atoms with E-state index in [0.717, 1.165) is 34.4 Å². The lowest BCUT2D eigenvalue weighted by molar-refractivity contribution is -0.117. The number of nitrogens with zero attached hydrogens (tertiary/aromatic N) is 2. The number of ether oxygens (including phenoxy) is 1. The second-order valence-corrected chi connectivity index (χ2v) is 7.79. The fourth-order valence-electron chi connectivity index (χ4n) is 3.34. The van der Waals surface area contributed by atoms with E-state index in [0.29, 0.717) is 18.7 Å². The summed E-state index contributed by atoms with van der Waals surface area (Å²) in [5, 5.41) is 2.92. The highest BCUT2D eigenvalue weighted by Crippen LogP contribution is 2.25. The highest BCUT2D eigenvalue weighted by atomic mass is 79.9. The van der Waals surface area contributed by atoms with E-state index in [1.54, 1.807) is 12.0 Å². The van der Waals surface area contributed by atoms with E-state index in [-0.39, 0.29) is 18.4 Å². The number of likely N-dealkylation sites (N-methyl/N-ethyl adjacent to an activating group) is 1. The number of amides is 2. The average Bonchev–Trinajstić information content (AvgIpc) is 3.08.